The van der Waals surface area contributed by atoms with E-state index >= 15 is 0 Å². The third-order valence-electron chi connectivity index (χ3n) is 2.38. The largest absolute Gasteiger partial charge is 0.403 e. The smallest absolute Gasteiger partial charge is 0.342 e. The topological polar surface area (TPSA) is 106 Å². The minimum Gasteiger partial charge on any atom is -0.403 e. The molecule has 3 rings (SSSR count). The highest BCUT2D eigenvalue weighted by Gasteiger charge is 2.13. The number of anilines is 1. The van der Waals surface area contributed by atoms with Crippen LogP contribution in [0.5, 0.6) is 11.9 Å². The third-order valence-corrected chi connectivity index (χ3v) is 2.38. The molecular formula is C10H12N8O. The normalized spacial score (nSPS) is 10.8. The van der Waals surface area contributed by atoms with Crippen molar-refractivity contribution in [1.29, 1.82) is 0 Å². The summed E-state index contributed by atoms with van der Waals surface area (Å²) in [5.41, 5.74) is 0.594. The molecule has 0 aliphatic rings. The van der Waals surface area contributed by atoms with Gasteiger partial charge < -0.3 is 10.1 Å². The number of aryl methyl sites for hydroxylation is 1. The molecule has 0 spiro atoms. The summed E-state index contributed by atoms with van der Waals surface area (Å²) in [5.74, 6) is 0.825. The van der Waals surface area contributed by atoms with Gasteiger partial charge in [0.2, 0.25) is 11.8 Å². The zero-order valence-electron chi connectivity index (χ0n) is 10.5. The number of fused-ring (bicyclic) bond motifs is 1. The van der Waals surface area contributed by atoms with Crippen LogP contribution in [-0.4, -0.2) is 41.5 Å². The van der Waals surface area contributed by atoms with Crippen LogP contribution in [0.3, 0.4) is 0 Å². The van der Waals surface area contributed by atoms with Crippen molar-refractivity contribution in [3.05, 3.63) is 12.5 Å². The van der Waals surface area contributed by atoms with Gasteiger partial charge in [0.15, 0.2) is 5.65 Å². The molecule has 0 unspecified atom stereocenters. The van der Waals surface area contributed by atoms with Crippen molar-refractivity contribution in [1.82, 2.24) is 34.9 Å². The van der Waals surface area contributed by atoms with E-state index in [4.69, 9.17) is 4.74 Å². The summed E-state index contributed by atoms with van der Waals surface area (Å²) >= 11 is 0. The highest BCUT2D eigenvalue weighted by atomic mass is 16.5. The second-order valence-corrected chi connectivity index (χ2v) is 3.82. The van der Waals surface area contributed by atoms with E-state index in [9.17, 15) is 0 Å². The van der Waals surface area contributed by atoms with E-state index in [1.165, 1.54) is 0 Å². The minimum atomic E-state index is 0.228. The highest BCUT2D eigenvalue weighted by Crippen LogP contribution is 2.25. The van der Waals surface area contributed by atoms with Gasteiger partial charge in [0, 0.05) is 13.6 Å². The Hall–Kier alpha value is -2.71. The maximum atomic E-state index is 5.56. The molecule has 0 saturated carbocycles. The van der Waals surface area contributed by atoms with E-state index < -0.39 is 0 Å². The number of nitrogens with one attached hydrogen (secondary N) is 2. The van der Waals surface area contributed by atoms with E-state index in [0.29, 0.717) is 29.4 Å². The van der Waals surface area contributed by atoms with E-state index in [0.717, 1.165) is 0 Å². The fraction of sp³-hybridized carbons (Fsp3) is 0.300. The third kappa shape index (κ3) is 2.17. The number of aromatic nitrogens is 7. The number of aromatic amines is 1. The van der Waals surface area contributed by atoms with Crippen LogP contribution in [0, 0.1) is 0 Å². The molecule has 0 aliphatic heterocycles. The number of hydrogen-bond donors (Lipinski definition) is 2. The van der Waals surface area contributed by atoms with E-state index in [-0.39, 0.29) is 6.01 Å². The quantitative estimate of drug-likeness (QED) is 0.711. The Morgan fingerprint density at radius 3 is 3.05 bits per heavy atom. The van der Waals surface area contributed by atoms with Gasteiger partial charge in [0.25, 0.3) is 0 Å². The first-order valence-electron chi connectivity index (χ1n) is 5.74. The molecule has 3 aromatic heterocycles. The van der Waals surface area contributed by atoms with Crippen LogP contribution in [-0.2, 0) is 7.05 Å². The molecule has 98 valence electrons. The van der Waals surface area contributed by atoms with Crippen LogP contribution in [0.25, 0.3) is 11.0 Å². The van der Waals surface area contributed by atoms with Gasteiger partial charge in [-0.3, -0.25) is 9.78 Å². The van der Waals surface area contributed by atoms with Gasteiger partial charge in [0.05, 0.1) is 6.20 Å². The Morgan fingerprint density at radius 2 is 2.32 bits per heavy atom. The minimum absolute atomic E-state index is 0.228. The Balaban J connectivity index is 2.02. The lowest BCUT2D eigenvalue weighted by atomic mass is 10.4. The van der Waals surface area contributed by atoms with Crippen LogP contribution in [0.2, 0.25) is 0 Å². The highest BCUT2D eigenvalue weighted by molar-refractivity contribution is 5.80. The molecule has 0 aliphatic carbocycles. The molecule has 19 heavy (non-hydrogen) atoms. The Kier molecular flexibility index (Phi) is 2.71. The molecule has 0 aromatic carbocycles. The summed E-state index contributed by atoms with van der Waals surface area (Å²) < 4.78 is 7.11. The fourth-order valence-corrected chi connectivity index (χ4v) is 1.58. The number of rotatable bonds is 4. The molecule has 0 radical (unpaired) electrons. The van der Waals surface area contributed by atoms with Crippen molar-refractivity contribution in [3.8, 4) is 11.9 Å². The van der Waals surface area contributed by atoms with Gasteiger partial charge in [-0.05, 0) is 6.92 Å². The summed E-state index contributed by atoms with van der Waals surface area (Å²) in [5, 5.41) is 14.5. The van der Waals surface area contributed by atoms with Crippen molar-refractivity contribution in [2.45, 2.75) is 6.92 Å². The second-order valence-electron chi connectivity index (χ2n) is 3.82. The molecule has 9 heteroatoms. The Labute approximate surface area is 108 Å². The summed E-state index contributed by atoms with van der Waals surface area (Å²) in [7, 11) is 1.76. The van der Waals surface area contributed by atoms with Crippen LogP contribution in [0.4, 0.5) is 5.95 Å². The van der Waals surface area contributed by atoms with Crippen molar-refractivity contribution >= 4 is 17.0 Å². The molecular weight excluding hydrogens is 248 g/mol. The molecule has 0 amide bonds. The van der Waals surface area contributed by atoms with Gasteiger partial charge in [-0.1, -0.05) is 0 Å². The maximum absolute atomic E-state index is 5.56. The van der Waals surface area contributed by atoms with Crippen molar-refractivity contribution in [2.24, 2.45) is 7.05 Å². The first-order chi connectivity index (χ1) is 9.26. The van der Waals surface area contributed by atoms with E-state index in [2.05, 4.69) is 35.6 Å². The van der Waals surface area contributed by atoms with Gasteiger partial charge in [-0.15, -0.1) is 5.10 Å². The molecule has 3 heterocycles. The average Bonchev–Trinajstić information content (AvgIpc) is 2.99. The van der Waals surface area contributed by atoms with Crippen molar-refractivity contribution in [2.75, 3.05) is 11.9 Å². The van der Waals surface area contributed by atoms with Crippen LogP contribution >= 0.6 is 0 Å². The average molecular weight is 260 g/mol. The predicted molar refractivity (Wildman–Crippen MR) is 66.9 cm³/mol. The van der Waals surface area contributed by atoms with Gasteiger partial charge >= 0.3 is 6.01 Å². The zero-order valence-corrected chi connectivity index (χ0v) is 10.5. The number of nitrogens with zero attached hydrogens (tertiary/aromatic N) is 6. The van der Waals surface area contributed by atoms with Crippen molar-refractivity contribution < 1.29 is 4.74 Å². The fourth-order valence-electron chi connectivity index (χ4n) is 1.58. The summed E-state index contributed by atoms with van der Waals surface area (Å²) in [4.78, 5) is 12.5. The number of H-pyrrole nitrogens is 1. The second kappa shape index (κ2) is 4.52. The Bertz CT molecular complexity index is 702. The lowest BCUT2D eigenvalue weighted by molar-refractivity contribution is 0.428. The van der Waals surface area contributed by atoms with E-state index in [1.54, 1.807) is 24.3 Å². The number of ether oxygens (including phenoxy) is 1. The molecule has 2 N–H and O–H groups in total. The zero-order chi connectivity index (χ0) is 13.2. The lowest BCUT2D eigenvalue weighted by Crippen LogP contribution is -2.03. The molecule has 0 fully saturated rings. The van der Waals surface area contributed by atoms with Gasteiger partial charge in [0.1, 0.15) is 11.7 Å². The van der Waals surface area contributed by atoms with Crippen LogP contribution in [0.1, 0.15) is 6.92 Å². The summed E-state index contributed by atoms with van der Waals surface area (Å²) in [6, 6.07) is 0.228. The summed E-state index contributed by atoms with van der Waals surface area (Å²) in [6.45, 7) is 2.67. The van der Waals surface area contributed by atoms with Crippen LogP contribution in [0.15, 0.2) is 12.5 Å². The maximum Gasteiger partial charge on any atom is 0.342 e. The first kappa shape index (κ1) is 11.4. The lowest BCUT2D eigenvalue weighted by Gasteiger charge is -2.05. The molecule has 3 aromatic rings. The first-order valence-corrected chi connectivity index (χ1v) is 5.74. The van der Waals surface area contributed by atoms with Gasteiger partial charge in [-0.25, -0.2) is 0 Å². The van der Waals surface area contributed by atoms with Crippen LogP contribution < -0.4 is 10.1 Å². The molecule has 0 atom stereocenters. The Morgan fingerprint density at radius 1 is 1.42 bits per heavy atom. The standard InChI is InChI=1S/C10H12N8O/c1-3-11-9-14-7-6(4-13-16-7)8(15-9)19-10-12-5-18(2)17-10/h4-5H,3H2,1-2H3,(H2,11,13,14,15,16). The van der Waals surface area contributed by atoms with E-state index in [1.807, 2.05) is 6.92 Å². The molecule has 9 nitrogen and oxygen atoms in total. The molecule has 0 bridgehead atoms. The van der Waals surface area contributed by atoms with Gasteiger partial charge in [-0.2, -0.15) is 20.1 Å². The monoisotopic (exact) mass is 260 g/mol. The summed E-state index contributed by atoms with van der Waals surface area (Å²) in [6.07, 6.45) is 3.15. The van der Waals surface area contributed by atoms with Crippen molar-refractivity contribution in [3.63, 3.8) is 0 Å². The SMILES string of the molecule is CCNc1nc(Oc2ncn(C)n2)c2cn[nH]c2n1. The molecule has 0 saturated heterocycles. The number of hydrogen-bond acceptors (Lipinski definition) is 7. The predicted octanol–water partition coefficient (Wildman–Crippen LogP) is 0.705.